The fourth-order valence-corrected chi connectivity index (χ4v) is 6.16. The molecule has 0 aliphatic carbocycles. The molecule has 11 heteroatoms. The Morgan fingerprint density at radius 3 is 2.37 bits per heavy atom. The molecule has 0 saturated carbocycles. The minimum atomic E-state index is -3.64. The SMILES string of the molecule is N=C(N)c1cccc(N2CC(CO)CN(CC3CCN(S(=O)(=O)c4ccc(O)cc4)CC3)C2=O)c1. The zero-order valence-corrected chi connectivity index (χ0v) is 20.2. The van der Waals surface area contributed by atoms with E-state index < -0.39 is 10.0 Å². The summed E-state index contributed by atoms with van der Waals surface area (Å²) in [5.41, 5.74) is 6.76. The van der Waals surface area contributed by atoms with Crippen LogP contribution < -0.4 is 10.6 Å². The number of nitrogen functional groups attached to an aromatic ring is 1. The summed E-state index contributed by atoms with van der Waals surface area (Å²) >= 11 is 0. The van der Waals surface area contributed by atoms with Crippen molar-refractivity contribution >= 4 is 27.6 Å². The van der Waals surface area contributed by atoms with Crippen molar-refractivity contribution < 1.29 is 23.4 Å². The van der Waals surface area contributed by atoms with Gasteiger partial charge in [0.15, 0.2) is 0 Å². The van der Waals surface area contributed by atoms with Crippen LogP contribution in [0.3, 0.4) is 0 Å². The normalized spacial score (nSPS) is 20.3. The Hall–Kier alpha value is -3.15. The van der Waals surface area contributed by atoms with E-state index in [-0.39, 0.29) is 41.0 Å². The van der Waals surface area contributed by atoms with Gasteiger partial charge in [-0.05, 0) is 55.2 Å². The van der Waals surface area contributed by atoms with Gasteiger partial charge in [0, 0.05) is 56.5 Å². The molecule has 2 amide bonds. The molecule has 0 radical (unpaired) electrons. The van der Waals surface area contributed by atoms with E-state index in [1.807, 2.05) is 0 Å². The van der Waals surface area contributed by atoms with Gasteiger partial charge in [-0.3, -0.25) is 10.3 Å². The number of urea groups is 1. The van der Waals surface area contributed by atoms with Crippen molar-refractivity contribution in [2.75, 3.05) is 44.2 Å². The second-order valence-corrected chi connectivity index (χ2v) is 11.1. The zero-order valence-electron chi connectivity index (χ0n) is 19.4. The Bertz CT molecular complexity index is 1180. The molecule has 0 bridgehead atoms. The number of carbonyl (C=O) groups is 1. The number of aliphatic hydroxyl groups excluding tert-OH is 1. The van der Waals surface area contributed by atoms with Crippen LogP contribution in [-0.4, -0.2) is 79.0 Å². The number of rotatable bonds is 7. The molecule has 2 fully saturated rings. The zero-order chi connectivity index (χ0) is 25.2. The highest BCUT2D eigenvalue weighted by atomic mass is 32.2. The van der Waals surface area contributed by atoms with E-state index in [1.165, 1.54) is 28.6 Å². The highest BCUT2D eigenvalue weighted by Gasteiger charge is 2.36. The smallest absolute Gasteiger partial charge is 0.324 e. The van der Waals surface area contributed by atoms with Crippen molar-refractivity contribution in [2.24, 2.45) is 17.6 Å². The number of hydrogen-bond acceptors (Lipinski definition) is 6. The van der Waals surface area contributed by atoms with Crippen LogP contribution in [0.4, 0.5) is 10.5 Å². The Morgan fingerprint density at radius 2 is 1.74 bits per heavy atom. The molecule has 2 heterocycles. The Labute approximate surface area is 205 Å². The highest BCUT2D eigenvalue weighted by Crippen LogP contribution is 2.28. The summed E-state index contributed by atoms with van der Waals surface area (Å²) in [6.45, 7) is 1.93. The molecular weight excluding hydrogens is 470 g/mol. The average Bonchev–Trinajstić information content (AvgIpc) is 2.86. The highest BCUT2D eigenvalue weighted by molar-refractivity contribution is 7.89. The van der Waals surface area contributed by atoms with Crippen LogP contribution in [-0.2, 0) is 10.0 Å². The standard InChI is InChI=1S/C24H31N5O5S/c25-23(26)19-2-1-3-20(12-19)29-15-18(16-30)14-27(24(29)32)13-17-8-10-28(11-9-17)35(33,34)22-6-4-21(31)5-7-22/h1-7,12,17-18,30-31H,8-11,13-16H2,(H3,25,26). The molecule has 2 aliphatic heterocycles. The van der Waals surface area contributed by atoms with E-state index in [2.05, 4.69) is 0 Å². The fraction of sp³-hybridized carbons (Fsp3) is 0.417. The largest absolute Gasteiger partial charge is 0.508 e. The van der Waals surface area contributed by atoms with Crippen LogP contribution >= 0.6 is 0 Å². The predicted octanol–water partition coefficient (Wildman–Crippen LogP) is 1.63. The van der Waals surface area contributed by atoms with Crippen LogP contribution in [0.1, 0.15) is 18.4 Å². The van der Waals surface area contributed by atoms with E-state index in [0.29, 0.717) is 56.8 Å². The van der Waals surface area contributed by atoms with Crippen LogP contribution in [0.25, 0.3) is 0 Å². The number of anilines is 1. The van der Waals surface area contributed by atoms with Gasteiger partial charge < -0.3 is 20.8 Å². The molecule has 4 rings (SSSR count). The molecule has 1 atom stereocenters. The van der Waals surface area contributed by atoms with Gasteiger partial charge in [-0.1, -0.05) is 12.1 Å². The number of amidine groups is 1. The maximum absolute atomic E-state index is 13.3. The topological polar surface area (TPSA) is 151 Å². The molecule has 10 nitrogen and oxygen atoms in total. The van der Waals surface area contributed by atoms with Gasteiger partial charge in [0.25, 0.3) is 0 Å². The van der Waals surface area contributed by atoms with Crippen molar-refractivity contribution in [3.63, 3.8) is 0 Å². The van der Waals surface area contributed by atoms with Gasteiger partial charge in [0.2, 0.25) is 10.0 Å². The molecule has 0 spiro atoms. The van der Waals surface area contributed by atoms with E-state index in [9.17, 15) is 23.4 Å². The number of aromatic hydroxyl groups is 1. The van der Waals surface area contributed by atoms with Crippen molar-refractivity contribution in [2.45, 2.75) is 17.7 Å². The number of nitrogens with one attached hydrogen (secondary N) is 1. The Morgan fingerprint density at radius 1 is 1.06 bits per heavy atom. The van der Waals surface area contributed by atoms with E-state index in [4.69, 9.17) is 11.1 Å². The lowest BCUT2D eigenvalue weighted by molar-refractivity contribution is 0.128. The number of nitrogens with two attached hydrogens (primary N) is 1. The van der Waals surface area contributed by atoms with Gasteiger partial charge in [-0.25, -0.2) is 13.2 Å². The summed E-state index contributed by atoms with van der Waals surface area (Å²) in [5.74, 6) is -0.0605. The quantitative estimate of drug-likeness (QED) is 0.334. The molecular formula is C24H31N5O5S. The van der Waals surface area contributed by atoms with Crippen LogP contribution in [0.5, 0.6) is 5.75 Å². The number of nitrogens with zero attached hydrogens (tertiary/aromatic N) is 3. The summed E-state index contributed by atoms with van der Waals surface area (Å²) in [5, 5.41) is 27.0. The number of aliphatic hydroxyl groups is 1. The van der Waals surface area contributed by atoms with Gasteiger partial charge in [-0.15, -0.1) is 0 Å². The summed E-state index contributed by atoms with van der Waals surface area (Å²) in [4.78, 5) is 16.8. The first-order valence-corrected chi connectivity index (χ1v) is 13.0. The third-order valence-electron chi connectivity index (χ3n) is 6.67. The minimum absolute atomic E-state index is 0.0112. The van der Waals surface area contributed by atoms with Gasteiger partial charge >= 0.3 is 6.03 Å². The lowest BCUT2D eigenvalue weighted by Gasteiger charge is -2.42. The lowest BCUT2D eigenvalue weighted by Crippen LogP contribution is -2.56. The summed E-state index contributed by atoms with van der Waals surface area (Å²) in [6, 6.07) is 12.3. The second-order valence-electron chi connectivity index (χ2n) is 9.15. The van der Waals surface area contributed by atoms with E-state index >= 15 is 0 Å². The lowest BCUT2D eigenvalue weighted by atomic mass is 9.96. The van der Waals surface area contributed by atoms with Gasteiger partial charge in [-0.2, -0.15) is 4.31 Å². The number of sulfonamides is 1. The average molecular weight is 502 g/mol. The van der Waals surface area contributed by atoms with Gasteiger partial charge in [0.1, 0.15) is 11.6 Å². The first-order chi connectivity index (χ1) is 16.7. The van der Waals surface area contributed by atoms with Crippen LogP contribution in [0.2, 0.25) is 0 Å². The molecule has 35 heavy (non-hydrogen) atoms. The maximum Gasteiger partial charge on any atom is 0.324 e. The number of hydrogen-bond donors (Lipinski definition) is 4. The molecule has 188 valence electrons. The number of carbonyl (C=O) groups excluding carboxylic acids is 1. The monoisotopic (exact) mass is 501 g/mol. The molecule has 2 aromatic carbocycles. The summed E-state index contributed by atoms with van der Waals surface area (Å²) in [7, 11) is -3.64. The third-order valence-corrected chi connectivity index (χ3v) is 8.59. The summed E-state index contributed by atoms with van der Waals surface area (Å²) < 4.78 is 27.3. The number of amides is 2. The number of phenolic OH excluding ortho intramolecular Hbond substituents is 1. The third kappa shape index (κ3) is 5.42. The van der Waals surface area contributed by atoms with Crippen molar-refractivity contribution in [3.05, 3.63) is 54.1 Å². The van der Waals surface area contributed by atoms with E-state index in [1.54, 1.807) is 34.1 Å². The Balaban J connectivity index is 1.42. The molecule has 0 aromatic heterocycles. The number of piperidine rings is 1. The first-order valence-electron chi connectivity index (χ1n) is 11.6. The first kappa shape index (κ1) is 25.0. The van der Waals surface area contributed by atoms with Crippen molar-refractivity contribution in [1.29, 1.82) is 5.41 Å². The second kappa shape index (κ2) is 10.2. The minimum Gasteiger partial charge on any atom is -0.508 e. The number of benzene rings is 2. The fourth-order valence-electron chi connectivity index (χ4n) is 4.69. The van der Waals surface area contributed by atoms with Crippen molar-refractivity contribution in [3.8, 4) is 5.75 Å². The molecule has 5 N–H and O–H groups in total. The maximum atomic E-state index is 13.3. The Kier molecular flexibility index (Phi) is 7.29. The molecule has 2 aliphatic rings. The molecule has 2 saturated heterocycles. The van der Waals surface area contributed by atoms with Crippen LogP contribution in [0.15, 0.2) is 53.4 Å². The van der Waals surface area contributed by atoms with Crippen LogP contribution in [0, 0.1) is 17.2 Å². The summed E-state index contributed by atoms with van der Waals surface area (Å²) in [6.07, 6.45) is 1.23. The van der Waals surface area contributed by atoms with Gasteiger partial charge in [0.05, 0.1) is 4.90 Å². The van der Waals surface area contributed by atoms with E-state index in [0.717, 1.165) is 0 Å². The number of phenols is 1. The predicted molar refractivity (Wildman–Crippen MR) is 132 cm³/mol. The molecule has 2 aromatic rings. The molecule has 1 unspecified atom stereocenters. The van der Waals surface area contributed by atoms with Crippen molar-refractivity contribution in [1.82, 2.24) is 9.21 Å².